The molecule has 122 valence electrons. The maximum Gasteiger partial charge on any atom is 0.213 e. The third-order valence-electron chi connectivity index (χ3n) is 4.22. The number of hydrogen-bond donors (Lipinski definition) is 0. The molecule has 0 radical (unpaired) electrons. The van der Waals surface area contributed by atoms with Crippen molar-refractivity contribution in [2.45, 2.75) is 25.9 Å². The second-order valence-electron chi connectivity index (χ2n) is 5.94. The molecule has 0 spiro atoms. The van der Waals surface area contributed by atoms with Crippen molar-refractivity contribution in [3.8, 4) is 11.6 Å². The molecule has 0 atom stereocenters. The van der Waals surface area contributed by atoms with Crippen molar-refractivity contribution in [1.82, 2.24) is 9.88 Å². The van der Waals surface area contributed by atoms with E-state index < -0.39 is 0 Å². The Balaban J connectivity index is 1.37. The lowest BCUT2D eigenvalue weighted by molar-refractivity contribution is 0.0883. The van der Waals surface area contributed by atoms with Crippen molar-refractivity contribution < 1.29 is 9.47 Å². The smallest absolute Gasteiger partial charge is 0.213 e. The lowest BCUT2D eigenvalue weighted by atomic mass is 10.1. The molecule has 0 aliphatic carbocycles. The van der Waals surface area contributed by atoms with Gasteiger partial charge in [0.2, 0.25) is 5.88 Å². The minimum Gasteiger partial charge on any atom is -0.492 e. The first-order chi connectivity index (χ1) is 11.3. The van der Waals surface area contributed by atoms with Gasteiger partial charge in [-0.25, -0.2) is 4.98 Å². The first-order valence-corrected chi connectivity index (χ1v) is 8.30. The zero-order chi connectivity index (χ0) is 15.9. The van der Waals surface area contributed by atoms with E-state index in [0.717, 1.165) is 50.7 Å². The Kier molecular flexibility index (Phi) is 5.48. The maximum absolute atomic E-state index is 5.92. The summed E-state index contributed by atoms with van der Waals surface area (Å²) in [6, 6.07) is 13.9. The number of benzene rings is 1. The third kappa shape index (κ3) is 4.70. The highest BCUT2D eigenvalue weighted by molar-refractivity contribution is 5.31. The number of hydrogen-bond acceptors (Lipinski definition) is 4. The van der Waals surface area contributed by atoms with Crippen molar-refractivity contribution in [1.29, 1.82) is 0 Å². The van der Waals surface area contributed by atoms with Gasteiger partial charge in [-0.3, -0.25) is 4.90 Å². The Bertz CT molecular complexity index is 595. The highest BCUT2D eigenvalue weighted by Gasteiger charge is 2.20. The van der Waals surface area contributed by atoms with Crippen LogP contribution in [0.3, 0.4) is 0 Å². The Morgan fingerprint density at radius 2 is 1.87 bits per heavy atom. The quantitative estimate of drug-likeness (QED) is 0.819. The minimum absolute atomic E-state index is 0.276. The van der Waals surface area contributed by atoms with E-state index in [9.17, 15) is 0 Å². The number of aryl methyl sites for hydroxylation is 1. The number of rotatable bonds is 6. The van der Waals surface area contributed by atoms with Crippen molar-refractivity contribution in [3.63, 3.8) is 0 Å². The molecule has 0 bridgehead atoms. The van der Waals surface area contributed by atoms with Crippen LogP contribution in [0.5, 0.6) is 11.6 Å². The first kappa shape index (κ1) is 15.8. The fourth-order valence-electron chi connectivity index (χ4n) is 2.84. The highest BCUT2D eigenvalue weighted by Crippen LogP contribution is 2.18. The van der Waals surface area contributed by atoms with Gasteiger partial charge in [0.05, 0.1) is 0 Å². The SMILES string of the molecule is Cc1ccccc1OCCN1CCC(Oc2ccccn2)CC1. The molecule has 1 aromatic heterocycles. The van der Waals surface area contributed by atoms with Gasteiger partial charge < -0.3 is 9.47 Å². The van der Waals surface area contributed by atoms with E-state index in [2.05, 4.69) is 22.9 Å². The van der Waals surface area contributed by atoms with E-state index in [1.165, 1.54) is 5.56 Å². The van der Waals surface area contributed by atoms with Gasteiger partial charge >= 0.3 is 0 Å². The predicted molar refractivity (Wildman–Crippen MR) is 91.0 cm³/mol. The molecule has 4 nitrogen and oxygen atoms in total. The van der Waals surface area contributed by atoms with Gasteiger partial charge in [-0.05, 0) is 37.5 Å². The van der Waals surface area contributed by atoms with Gasteiger partial charge in [0.25, 0.3) is 0 Å². The number of piperidine rings is 1. The molecular weight excluding hydrogens is 288 g/mol. The topological polar surface area (TPSA) is 34.6 Å². The van der Waals surface area contributed by atoms with Crippen molar-refractivity contribution in [3.05, 3.63) is 54.2 Å². The zero-order valence-electron chi connectivity index (χ0n) is 13.6. The summed E-state index contributed by atoms with van der Waals surface area (Å²) in [6.45, 7) is 5.88. The van der Waals surface area contributed by atoms with Crippen LogP contribution in [0.2, 0.25) is 0 Å². The Morgan fingerprint density at radius 1 is 1.09 bits per heavy atom. The van der Waals surface area contributed by atoms with Gasteiger partial charge in [-0.15, -0.1) is 0 Å². The number of ether oxygens (including phenoxy) is 2. The van der Waals surface area contributed by atoms with Crippen LogP contribution < -0.4 is 9.47 Å². The maximum atomic E-state index is 5.92. The van der Waals surface area contributed by atoms with E-state index in [1.54, 1.807) is 6.20 Å². The number of aromatic nitrogens is 1. The molecule has 2 heterocycles. The number of para-hydroxylation sites is 1. The Labute approximate surface area is 138 Å². The van der Waals surface area contributed by atoms with Gasteiger partial charge in [0, 0.05) is 31.9 Å². The molecule has 1 aliphatic rings. The molecule has 1 aliphatic heterocycles. The van der Waals surface area contributed by atoms with Crippen LogP contribution in [-0.4, -0.2) is 42.2 Å². The molecule has 4 heteroatoms. The molecule has 0 N–H and O–H groups in total. The van der Waals surface area contributed by atoms with E-state index in [-0.39, 0.29) is 6.10 Å². The molecule has 23 heavy (non-hydrogen) atoms. The van der Waals surface area contributed by atoms with Crippen LogP contribution >= 0.6 is 0 Å². The van der Waals surface area contributed by atoms with E-state index in [4.69, 9.17) is 9.47 Å². The van der Waals surface area contributed by atoms with Crippen LogP contribution in [0.25, 0.3) is 0 Å². The van der Waals surface area contributed by atoms with Crippen LogP contribution in [0, 0.1) is 6.92 Å². The molecule has 0 saturated carbocycles. The van der Waals surface area contributed by atoms with Gasteiger partial charge in [0.15, 0.2) is 0 Å². The summed E-state index contributed by atoms with van der Waals surface area (Å²) < 4.78 is 11.8. The lowest BCUT2D eigenvalue weighted by Crippen LogP contribution is -2.40. The third-order valence-corrected chi connectivity index (χ3v) is 4.22. The largest absolute Gasteiger partial charge is 0.492 e. The second kappa shape index (κ2) is 7.97. The zero-order valence-corrected chi connectivity index (χ0v) is 13.6. The summed E-state index contributed by atoms with van der Waals surface area (Å²) in [5.41, 5.74) is 1.19. The Hall–Kier alpha value is -2.07. The molecule has 0 unspecified atom stereocenters. The summed E-state index contributed by atoms with van der Waals surface area (Å²) >= 11 is 0. The Morgan fingerprint density at radius 3 is 2.61 bits per heavy atom. The molecule has 3 rings (SSSR count). The minimum atomic E-state index is 0.276. The number of nitrogens with zero attached hydrogens (tertiary/aromatic N) is 2. The van der Waals surface area contributed by atoms with Crippen LogP contribution in [0.4, 0.5) is 0 Å². The van der Waals surface area contributed by atoms with Crippen molar-refractivity contribution in [2.75, 3.05) is 26.2 Å². The number of pyridine rings is 1. The predicted octanol–water partition coefficient (Wildman–Crippen LogP) is 3.31. The van der Waals surface area contributed by atoms with Crippen LogP contribution in [0.15, 0.2) is 48.7 Å². The van der Waals surface area contributed by atoms with Gasteiger partial charge in [-0.2, -0.15) is 0 Å². The number of likely N-dealkylation sites (tertiary alicyclic amines) is 1. The van der Waals surface area contributed by atoms with Gasteiger partial charge in [-0.1, -0.05) is 24.3 Å². The van der Waals surface area contributed by atoms with Crippen LogP contribution in [-0.2, 0) is 0 Å². The summed E-state index contributed by atoms with van der Waals surface area (Å²) in [5.74, 6) is 1.72. The molecular formula is C19H24N2O2. The van der Waals surface area contributed by atoms with E-state index >= 15 is 0 Å². The standard InChI is InChI=1S/C19H24N2O2/c1-16-6-2-3-7-18(16)22-15-14-21-12-9-17(10-13-21)23-19-8-4-5-11-20-19/h2-8,11,17H,9-10,12-15H2,1H3. The summed E-state index contributed by atoms with van der Waals surface area (Å²) in [4.78, 5) is 6.67. The molecule has 1 fully saturated rings. The highest BCUT2D eigenvalue weighted by atomic mass is 16.5. The summed E-state index contributed by atoms with van der Waals surface area (Å²) in [7, 11) is 0. The fourth-order valence-corrected chi connectivity index (χ4v) is 2.84. The normalized spacial score (nSPS) is 16.2. The molecule has 0 amide bonds. The average molecular weight is 312 g/mol. The van der Waals surface area contributed by atoms with E-state index in [0.29, 0.717) is 0 Å². The van der Waals surface area contributed by atoms with Crippen molar-refractivity contribution >= 4 is 0 Å². The molecule has 1 saturated heterocycles. The first-order valence-electron chi connectivity index (χ1n) is 8.30. The average Bonchev–Trinajstić information content (AvgIpc) is 2.59. The second-order valence-corrected chi connectivity index (χ2v) is 5.94. The summed E-state index contributed by atoms with van der Waals surface area (Å²) in [5, 5.41) is 0. The fraction of sp³-hybridized carbons (Fsp3) is 0.421. The summed E-state index contributed by atoms with van der Waals surface area (Å²) in [6.07, 6.45) is 4.13. The van der Waals surface area contributed by atoms with Crippen LogP contribution in [0.1, 0.15) is 18.4 Å². The van der Waals surface area contributed by atoms with Gasteiger partial charge in [0.1, 0.15) is 18.5 Å². The van der Waals surface area contributed by atoms with E-state index in [1.807, 2.05) is 36.4 Å². The monoisotopic (exact) mass is 312 g/mol. The lowest BCUT2D eigenvalue weighted by Gasteiger charge is -2.31. The molecule has 2 aromatic rings. The van der Waals surface area contributed by atoms with Crippen molar-refractivity contribution in [2.24, 2.45) is 0 Å². The molecule has 1 aromatic carbocycles.